The minimum atomic E-state index is -3.01. The van der Waals surface area contributed by atoms with E-state index in [2.05, 4.69) is 0 Å². The van der Waals surface area contributed by atoms with Crippen molar-refractivity contribution in [1.29, 1.82) is 0 Å². The molecule has 0 saturated carbocycles. The smallest absolute Gasteiger partial charge is 0.153 e. The van der Waals surface area contributed by atoms with Crippen molar-refractivity contribution in [3.63, 3.8) is 0 Å². The van der Waals surface area contributed by atoms with Gasteiger partial charge >= 0.3 is 0 Å². The van der Waals surface area contributed by atoms with Gasteiger partial charge in [0, 0.05) is 6.42 Å². The zero-order valence-corrected chi connectivity index (χ0v) is 10.2. The third-order valence-electron chi connectivity index (χ3n) is 2.46. The predicted molar refractivity (Wildman–Crippen MR) is 58.0 cm³/mol. The molecule has 0 aliphatic heterocycles. The molecule has 0 aromatic carbocycles. The van der Waals surface area contributed by atoms with Gasteiger partial charge in [-0.15, -0.1) is 0 Å². The average Bonchev–Trinajstić information content (AvgIpc) is 2.01. The minimum absolute atomic E-state index is 0.0531. The summed E-state index contributed by atoms with van der Waals surface area (Å²) in [5, 5.41) is -0.311. The molecule has 0 aromatic heterocycles. The number of sulfone groups is 1. The number of rotatable bonds is 6. The highest BCUT2D eigenvalue weighted by atomic mass is 32.2. The summed E-state index contributed by atoms with van der Waals surface area (Å²) in [6.45, 7) is 7.01. The van der Waals surface area contributed by atoms with Gasteiger partial charge in [0.15, 0.2) is 9.84 Å². The lowest BCUT2D eigenvalue weighted by atomic mass is 10.2. The molecule has 0 aromatic rings. The van der Waals surface area contributed by atoms with Crippen LogP contribution in [0.25, 0.3) is 0 Å². The van der Waals surface area contributed by atoms with Crippen LogP contribution in [-0.2, 0) is 14.6 Å². The second kappa shape index (κ2) is 5.49. The summed E-state index contributed by atoms with van der Waals surface area (Å²) in [6, 6.07) is 0. The Morgan fingerprint density at radius 2 is 1.71 bits per heavy atom. The first kappa shape index (κ1) is 13.6. The molecule has 1 unspecified atom stereocenters. The molecule has 4 heteroatoms. The van der Waals surface area contributed by atoms with Gasteiger partial charge in [0.05, 0.1) is 11.0 Å². The first-order valence-corrected chi connectivity index (χ1v) is 6.70. The van der Waals surface area contributed by atoms with E-state index in [-0.39, 0.29) is 22.7 Å². The lowest BCUT2D eigenvalue weighted by Crippen LogP contribution is -2.26. The molecule has 0 bridgehead atoms. The first-order valence-electron chi connectivity index (χ1n) is 4.98. The van der Waals surface area contributed by atoms with Crippen LogP contribution in [0.1, 0.15) is 40.5 Å². The van der Waals surface area contributed by atoms with E-state index in [4.69, 9.17) is 0 Å². The highest BCUT2D eigenvalue weighted by Crippen LogP contribution is 2.13. The Hall–Kier alpha value is -0.380. The third-order valence-corrected chi connectivity index (χ3v) is 5.00. The van der Waals surface area contributed by atoms with Crippen LogP contribution in [-0.4, -0.2) is 25.2 Å². The van der Waals surface area contributed by atoms with Crippen molar-refractivity contribution < 1.29 is 13.2 Å². The number of hydrogen-bond donors (Lipinski definition) is 0. The van der Waals surface area contributed by atoms with E-state index >= 15 is 0 Å². The van der Waals surface area contributed by atoms with Crippen LogP contribution in [0.3, 0.4) is 0 Å². The summed E-state index contributed by atoms with van der Waals surface area (Å²) >= 11 is 0. The Morgan fingerprint density at radius 3 is 2.07 bits per heavy atom. The Bertz CT molecular complexity index is 278. The van der Waals surface area contributed by atoms with Gasteiger partial charge < -0.3 is 4.79 Å². The van der Waals surface area contributed by atoms with E-state index in [0.29, 0.717) is 12.8 Å². The van der Waals surface area contributed by atoms with Crippen LogP contribution in [0.4, 0.5) is 0 Å². The minimum Gasteiger partial charge on any atom is -0.300 e. The van der Waals surface area contributed by atoms with Crippen molar-refractivity contribution >= 4 is 15.6 Å². The van der Waals surface area contributed by atoms with Gasteiger partial charge in [0.1, 0.15) is 5.78 Å². The van der Waals surface area contributed by atoms with Crippen molar-refractivity contribution in [2.45, 2.75) is 45.8 Å². The molecule has 1 atom stereocenters. The van der Waals surface area contributed by atoms with Gasteiger partial charge in [-0.3, -0.25) is 0 Å². The van der Waals surface area contributed by atoms with E-state index in [9.17, 15) is 13.2 Å². The van der Waals surface area contributed by atoms with Crippen molar-refractivity contribution in [1.82, 2.24) is 0 Å². The van der Waals surface area contributed by atoms with Crippen LogP contribution in [0, 0.1) is 5.92 Å². The molecule has 0 heterocycles. The quantitative estimate of drug-likeness (QED) is 0.686. The Labute approximate surface area is 86.8 Å². The molecule has 0 amide bonds. The van der Waals surface area contributed by atoms with Gasteiger partial charge in [0.2, 0.25) is 0 Å². The number of hydrogen-bond acceptors (Lipinski definition) is 3. The maximum Gasteiger partial charge on any atom is 0.153 e. The van der Waals surface area contributed by atoms with E-state index in [0.717, 1.165) is 0 Å². The fraction of sp³-hybridized carbons (Fsp3) is 0.900. The molecule has 0 N–H and O–H groups in total. The van der Waals surface area contributed by atoms with Crippen LogP contribution in [0.2, 0.25) is 0 Å². The maximum atomic E-state index is 11.6. The molecule has 0 aliphatic carbocycles. The predicted octanol–water partition coefficient (Wildman–Crippen LogP) is 1.81. The standard InChI is InChI=1S/C10H20O3S/c1-8(2)10(4)14(12,13)7-5-6-9(3)11/h8,10H,5-7H2,1-4H3. The van der Waals surface area contributed by atoms with Gasteiger partial charge in [0.25, 0.3) is 0 Å². The molecule has 0 radical (unpaired) electrons. The van der Waals surface area contributed by atoms with Crippen molar-refractivity contribution in [2.75, 3.05) is 5.75 Å². The second-order valence-electron chi connectivity index (χ2n) is 4.12. The van der Waals surface area contributed by atoms with Crippen LogP contribution in [0.5, 0.6) is 0 Å². The molecule has 84 valence electrons. The van der Waals surface area contributed by atoms with Crippen molar-refractivity contribution in [2.24, 2.45) is 5.92 Å². The van der Waals surface area contributed by atoms with Gasteiger partial charge in [-0.25, -0.2) is 8.42 Å². The molecule has 0 fully saturated rings. The van der Waals surface area contributed by atoms with Crippen molar-refractivity contribution in [3.8, 4) is 0 Å². The molecule has 0 aliphatic rings. The van der Waals surface area contributed by atoms with E-state index in [1.54, 1.807) is 6.92 Å². The zero-order chi connectivity index (χ0) is 11.4. The number of carbonyl (C=O) groups is 1. The molecule has 14 heavy (non-hydrogen) atoms. The van der Waals surface area contributed by atoms with Gasteiger partial charge in [-0.05, 0) is 26.2 Å². The SMILES string of the molecule is CC(=O)CCCS(=O)(=O)C(C)C(C)C. The second-order valence-corrected chi connectivity index (χ2v) is 6.60. The molecule has 0 saturated heterocycles. The fourth-order valence-corrected chi connectivity index (χ4v) is 2.87. The largest absolute Gasteiger partial charge is 0.300 e. The van der Waals surface area contributed by atoms with Crippen LogP contribution >= 0.6 is 0 Å². The van der Waals surface area contributed by atoms with Crippen LogP contribution < -0.4 is 0 Å². The lowest BCUT2D eigenvalue weighted by molar-refractivity contribution is -0.117. The number of Topliss-reactive ketones (excluding diaryl/α,β-unsaturated/α-hetero) is 1. The van der Waals surface area contributed by atoms with E-state index in [1.165, 1.54) is 6.92 Å². The summed E-state index contributed by atoms with van der Waals surface area (Å²) in [6.07, 6.45) is 0.818. The molecule has 3 nitrogen and oxygen atoms in total. The Balaban J connectivity index is 4.15. The number of carbonyl (C=O) groups excluding carboxylic acids is 1. The fourth-order valence-electron chi connectivity index (χ4n) is 1.12. The Kier molecular flexibility index (Phi) is 5.34. The van der Waals surface area contributed by atoms with Gasteiger partial charge in [-0.2, -0.15) is 0 Å². The third kappa shape index (κ3) is 4.74. The van der Waals surface area contributed by atoms with Gasteiger partial charge in [-0.1, -0.05) is 13.8 Å². The van der Waals surface area contributed by atoms with E-state index < -0.39 is 9.84 Å². The summed E-state index contributed by atoms with van der Waals surface area (Å²) in [7, 11) is -3.01. The average molecular weight is 220 g/mol. The first-order chi connectivity index (χ1) is 6.27. The van der Waals surface area contributed by atoms with E-state index in [1.807, 2.05) is 13.8 Å². The summed E-state index contributed by atoms with van der Waals surface area (Å²) in [5.74, 6) is 0.320. The van der Waals surface area contributed by atoms with Crippen LogP contribution in [0.15, 0.2) is 0 Å². The summed E-state index contributed by atoms with van der Waals surface area (Å²) < 4.78 is 23.3. The number of ketones is 1. The lowest BCUT2D eigenvalue weighted by Gasteiger charge is -2.15. The monoisotopic (exact) mass is 220 g/mol. The molecule has 0 spiro atoms. The zero-order valence-electron chi connectivity index (χ0n) is 9.41. The highest BCUT2D eigenvalue weighted by Gasteiger charge is 2.23. The maximum absolute atomic E-state index is 11.6. The Morgan fingerprint density at radius 1 is 1.21 bits per heavy atom. The molecular formula is C10H20O3S. The van der Waals surface area contributed by atoms with Crippen molar-refractivity contribution in [3.05, 3.63) is 0 Å². The topological polar surface area (TPSA) is 51.2 Å². The molecule has 0 rings (SSSR count). The molecular weight excluding hydrogens is 200 g/mol. The highest BCUT2D eigenvalue weighted by molar-refractivity contribution is 7.92. The normalized spacial score (nSPS) is 14.4. The summed E-state index contributed by atoms with van der Waals surface area (Å²) in [4.78, 5) is 10.6. The summed E-state index contributed by atoms with van der Waals surface area (Å²) in [5.41, 5.74) is 0.